The first-order valence-corrected chi connectivity index (χ1v) is 5.32. The van der Waals surface area contributed by atoms with Crippen LogP contribution < -0.4 is 5.73 Å². The monoisotopic (exact) mass is 241 g/mol. The molecule has 1 rings (SSSR count). The van der Waals surface area contributed by atoms with E-state index in [9.17, 15) is 14.3 Å². The zero-order chi connectivity index (χ0) is 13.0. The van der Waals surface area contributed by atoms with E-state index in [0.717, 1.165) is 6.07 Å². The number of ether oxygens (including phenoxy) is 1. The maximum absolute atomic E-state index is 12.9. The number of carbonyl (C=O) groups excluding carboxylic acids is 1. The highest BCUT2D eigenvalue weighted by Crippen LogP contribution is 2.13. The second-order valence-electron chi connectivity index (χ2n) is 4.15. The van der Waals surface area contributed by atoms with E-state index in [1.54, 1.807) is 0 Å². The molecule has 5 heteroatoms. The fourth-order valence-electron chi connectivity index (χ4n) is 1.11. The van der Waals surface area contributed by atoms with Crippen molar-refractivity contribution < 1.29 is 19.0 Å². The number of aliphatic hydroxyl groups excluding tert-OH is 1. The quantitative estimate of drug-likeness (QED) is 0.620. The molecular weight excluding hydrogens is 225 g/mol. The number of hydrogen-bond acceptors (Lipinski definition) is 4. The van der Waals surface area contributed by atoms with Crippen LogP contribution in [0.3, 0.4) is 0 Å². The average molecular weight is 241 g/mol. The molecule has 1 unspecified atom stereocenters. The van der Waals surface area contributed by atoms with Crippen molar-refractivity contribution in [2.24, 2.45) is 5.92 Å². The SMILES string of the molecule is CC(C)C(O)COC(=O)c1ccc(F)c(N)c1. The Morgan fingerprint density at radius 1 is 1.53 bits per heavy atom. The Morgan fingerprint density at radius 3 is 2.71 bits per heavy atom. The lowest BCUT2D eigenvalue weighted by molar-refractivity contribution is 0.0137. The number of rotatable bonds is 4. The minimum Gasteiger partial charge on any atom is -0.459 e. The lowest BCUT2D eigenvalue weighted by atomic mass is 10.1. The largest absolute Gasteiger partial charge is 0.459 e. The summed E-state index contributed by atoms with van der Waals surface area (Å²) in [4.78, 5) is 11.5. The smallest absolute Gasteiger partial charge is 0.338 e. The van der Waals surface area contributed by atoms with E-state index in [4.69, 9.17) is 10.5 Å². The molecule has 17 heavy (non-hydrogen) atoms. The molecule has 4 nitrogen and oxygen atoms in total. The van der Waals surface area contributed by atoms with Crippen LogP contribution in [-0.4, -0.2) is 23.8 Å². The molecule has 0 saturated heterocycles. The van der Waals surface area contributed by atoms with Gasteiger partial charge in [-0.25, -0.2) is 9.18 Å². The second-order valence-corrected chi connectivity index (χ2v) is 4.15. The van der Waals surface area contributed by atoms with Gasteiger partial charge in [0, 0.05) is 0 Å². The normalized spacial score (nSPS) is 12.5. The van der Waals surface area contributed by atoms with Gasteiger partial charge in [-0.05, 0) is 24.1 Å². The molecule has 0 aliphatic rings. The minimum absolute atomic E-state index is 0.00101. The average Bonchev–Trinajstić information content (AvgIpc) is 2.28. The van der Waals surface area contributed by atoms with Gasteiger partial charge in [-0.15, -0.1) is 0 Å². The number of carbonyl (C=O) groups is 1. The molecule has 94 valence electrons. The molecule has 1 aromatic carbocycles. The van der Waals surface area contributed by atoms with Gasteiger partial charge in [0.05, 0.1) is 17.4 Å². The van der Waals surface area contributed by atoms with Crippen LogP contribution in [0.1, 0.15) is 24.2 Å². The van der Waals surface area contributed by atoms with Gasteiger partial charge >= 0.3 is 5.97 Å². The lowest BCUT2D eigenvalue weighted by Crippen LogP contribution is -2.23. The first-order valence-electron chi connectivity index (χ1n) is 5.32. The molecule has 0 heterocycles. The number of hydrogen-bond donors (Lipinski definition) is 2. The molecule has 1 aromatic rings. The maximum atomic E-state index is 12.9. The molecule has 0 aliphatic heterocycles. The Hall–Kier alpha value is -1.62. The predicted molar refractivity (Wildman–Crippen MR) is 61.9 cm³/mol. The van der Waals surface area contributed by atoms with Crippen LogP contribution in [0.4, 0.5) is 10.1 Å². The summed E-state index contributed by atoms with van der Waals surface area (Å²) in [5.41, 5.74) is 5.39. The van der Waals surface area contributed by atoms with Gasteiger partial charge in [0.25, 0.3) is 0 Å². The Labute approximate surface area is 99.2 Å². The molecular formula is C12H16FNO3. The van der Waals surface area contributed by atoms with Crippen molar-refractivity contribution >= 4 is 11.7 Å². The summed E-state index contributed by atoms with van der Waals surface area (Å²) in [5.74, 6) is -1.21. The van der Waals surface area contributed by atoms with Crippen LogP contribution >= 0.6 is 0 Å². The highest BCUT2D eigenvalue weighted by Gasteiger charge is 2.14. The molecule has 0 saturated carbocycles. The third-order valence-corrected chi connectivity index (χ3v) is 2.39. The van der Waals surface area contributed by atoms with Crippen molar-refractivity contribution in [1.29, 1.82) is 0 Å². The fourth-order valence-corrected chi connectivity index (χ4v) is 1.11. The Morgan fingerprint density at radius 2 is 2.18 bits per heavy atom. The first kappa shape index (κ1) is 13.4. The molecule has 0 aliphatic carbocycles. The zero-order valence-corrected chi connectivity index (χ0v) is 9.81. The first-order chi connectivity index (χ1) is 7.91. The summed E-state index contributed by atoms with van der Waals surface area (Å²) < 4.78 is 17.7. The van der Waals surface area contributed by atoms with Gasteiger partial charge in [-0.1, -0.05) is 13.8 Å². The predicted octanol–water partition coefficient (Wildman–Crippen LogP) is 1.58. The van der Waals surface area contributed by atoms with Gasteiger partial charge in [0.1, 0.15) is 12.4 Å². The highest BCUT2D eigenvalue weighted by atomic mass is 19.1. The molecule has 0 radical (unpaired) electrons. The lowest BCUT2D eigenvalue weighted by Gasteiger charge is -2.14. The van der Waals surface area contributed by atoms with E-state index in [-0.39, 0.29) is 23.8 Å². The van der Waals surface area contributed by atoms with E-state index in [0.29, 0.717) is 0 Å². The number of benzene rings is 1. The van der Waals surface area contributed by atoms with Gasteiger partial charge in [-0.3, -0.25) is 0 Å². The van der Waals surface area contributed by atoms with Crippen LogP contribution in [-0.2, 0) is 4.74 Å². The van der Waals surface area contributed by atoms with E-state index >= 15 is 0 Å². The molecule has 0 bridgehead atoms. The standard InChI is InChI=1S/C12H16FNO3/c1-7(2)11(15)6-17-12(16)8-3-4-9(13)10(14)5-8/h3-5,7,11,15H,6,14H2,1-2H3. The van der Waals surface area contributed by atoms with Crippen LogP contribution in [0.25, 0.3) is 0 Å². The number of esters is 1. The minimum atomic E-state index is -0.711. The van der Waals surface area contributed by atoms with E-state index in [2.05, 4.69) is 0 Å². The maximum Gasteiger partial charge on any atom is 0.338 e. The Balaban J connectivity index is 2.61. The summed E-state index contributed by atoms with van der Waals surface area (Å²) in [7, 11) is 0. The number of aliphatic hydroxyl groups is 1. The van der Waals surface area contributed by atoms with Crippen molar-refractivity contribution in [3.8, 4) is 0 Å². The third-order valence-electron chi connectivity index (χ3n) is 2.39. The van der Waals surface area contributed by atoms with Gasteiger partial charge in [-0.2, -0.15) is 0 Å². The third kappa shape index (κ3) is 3.71. The highest BCUT2D eigenvalue weighted by molar-refractivity contribution is 5.90. The summed E-state index contributed by atoms with van der Waals surface area (Å²) in [5, 5.41) is 9.46. The Kier molecular flexibility index (Phi) is 4.45. The topological polar surface area (TPSA) is 72.5 Å². The number of nitrogen functional groups attached to an aromatic ring is 1. The Bertz CT molecular complexity index is 407. The van der Waals surface area contributed by atoms with E-state index in [1.807, 2.05) is 13.8 Å². The van der Waals surface area contributed by atoms with Gasteiger partial charge in [0.2, 0.25) is 0 Å². The summed E-state index contributed by atoms with van der Waals surface area (Å²) in [6.07, 6.45) is -0.711. The second kappa shape index (κ2) is 5.63. The summed E-state index contributed by atoms with van der Waals surface area (Å²) in [6, 6.07) is 3.60. The van der Waals surface area contributed by atoms with Gasteiger partial charge < -0.3 is 15.6 Å². The van der Waals surface area contributed by atoms with Crippen LogP contribution in [0.5, 0.6) is 0 Å². The van der Waals surface area contributed by atoms with Crippen molar-refractivity contribution in [3.63, 3.8) is 0 Å². The van der Waals surface area contributed by atoms with Crippen molar-refractivity contribution in [3.05, 3.63) is 29.6 Å². The fraction of sp³-hybridized carbons (Fsp3) is 0.417. The molecule has 0 fully saturated rings. The van der Waals surface area contributed by atoms with Crippen LogP contribution in [0.2, 0.25) is 0 Å². The zero-order valence-electron chi connectivity index (χ0n) is 9.81. The molecule has 0 spiro atoms. The van der Waals surface area contributed by atoms with Crippen molar-refractivity contribution in [2.45, 2.75) is 20.0 Å². The van der Waals surface area contributed by atoms with Crippen LogP contribution in [0, 0.1) is 11.7 Å². The van der Waals surface area contributed by atoms with Crippen LogP contribution in [0.15, 0.2) is 18.2 Å². The summed E-state index contributed by atoms with van der Waals surface area (Å²) >= 11 is 0. The molecule has 0 aromatic heterocycles. The summed E-state index contributed by atoms with van der Waals surface area (Å²) in [6.45, 7) is 3.54. The number of halogens is 1. The molecule has 1 atom stereocenters. The van der Waals surface area contributed by atoms with Gasteiger partial charge in [0.15, 0.2) is 0 Å². The van der Waals surface area contributed by atoms with E-state index in [1.165, 1.54) is 12.1 Å². The number of nitrogens with two attached hydrogens (primary N) is 1. The molecule has 3 N–H and O–H groups in total. The van der Waals surface area contributed by atoms with E-state index < -0.39 is 17.9 Å². The molecule has 0 amide bonds. The number of anilines is 1. The van der Waals surface area contributed by atoms with Crippen molar-refractivity contribution in [2.75, 3.05) is 12.3 Å². The van der Waals surface area contributed by atoms with Crippen molar-refractivity contribution in [1.82, 2.24) is 0 Å².